The highest BCUT2D eigenvalue weighted by Gasteiger charge is 2.24. The molecule has 4 heteroatoms. The van der Waals surface area contributed by atoms with Crippen molar-refractivity contribution in [3.63, 3.8) is 0 Å². The van der Waals surface area contributed by atoms with Crippen LogP contribution in [-0.4, -0.2) is 23.1 Å². The van der Waals surface area contributed by atoms with Crippen molar-refractivity contribution in [2.75, 3.05) is 11.9 Å². The highest BCUT2D eigenvalue weighted by molar-refractivity contribution is 7.80. The van der Waals surface area contributed by atoms with Gasteiger partial charge >= 0.3 is 0 Å². The lowest BCUT2D eigenvalue weighted by Crippen LogP contribution is -2.39. The first-order chi connectivity index (χ1) is 7.73. The Bertz CT molecular complexity index is 409. The molecule has 0 fully saturated rings. The van der Waals surface area contributed by atoms with Gasteiger partial charge in [-0.2, -0.15) is 0 Å². The smallest absolute Gasteiger partial charge is 0.122 e. The zero-order valence-electron chi connectivity index (χ0n) is 11.2. The molecule has 2 N–H and O–H groups in total. The van der Waals surface area contributed by atoms with Gasteiger partial charge in [-0.1, -0.05) is 33.0 Å². The van der Waals surface area contributed by atoms with Crippen LogP contribution in [0.15, 0.2) is 18.3 Å². The van der Waals surface area contributed by atoms with Crippen LogP contribution in [0.2, 0.25) is 0 Å². The summed E-state index contributed by atoms with van der Waals surface area (Å²) in [6.07, 6.45) is 1.75. The summed E-state index contributed by atoms with van der Waals surface area (Å²) >= 11 is 4.94. The molecule has 0 saturated carbocycles. The molecule has 0 spiro atoms. The van der Waals surface area contributed by atoms with Crippen molar-refractivity contribution in [2.24, 2.45) is 11.1 Å². The Morgan fingerprint density at radius 2 is 2.06 bits per heavy atom. The first-order valence-corrected chi connectivity index (χ1v) is 6.13. The molecule has 0 aliphatic rings. The molecule has 0 aliphatic heterocycles. The SMILES string of the molecule is CC(N(C)c1ccnc(C(N)=S)c1)C(C)(C)C. The van der Waals surface area contributed by atoms with Gasteiger partial charge in [-0.25, -0.2) is 0 Å². The van der Waals surface area contributed by atoms with E-state index in [0.29, 0.717) is 16.7 Å². The molecule has 1 aromatic heterocycles. The lowest BCUT2D eigenvalue weighted by atomic mass is 9.87. The van der Waals surface area contributed by atoms with E-state index in [2.05, 4.69) is 44.6 Å². The second kappa shape index (κ2) is 5.00. The Morgan fingerprint density at radius 1 is 1.47 bits per heavy atom. The monoisotopic (exact) mass is 251 g/mol. The Labute approximate surface area is 109 Å². The maximum atomic E-state index is 5.60. The fourth-order valence-electron chi connectivity index (χ4n) is 1.58. The molecule has 1 unspecified atom stereocenters. The highest BCUT2D eigenvalue weighted by Crippen LogP contribution is 2.27. The predicted molar refractivity (Wildman–Crippen MR) is 77.4 cm³/mol. The van der Waals surface area contributed by atoms with Gasteiger partial charge in [0.15, 0.2) is 0 Å². The van der Waals surface area contributed by atoms with Crippen LogP contribution in [0.1, 0.15) is 33.4 Å². The molecule has 17 heavy (non-hydrogen) atoms. The van der Waals surface area contributed by atoms with E-state index in [1.807, 2.05) is 12.1 Å². The van der Waals surface area contributed by atoms with Crippen molar-refractivity contribution in [1.82, 2.24) is 4.98 Å². The van der Waals surface area contributed by atoms with Crippen molar-refractivity contribution >= 4 is 22.9 Å². The van der Waals surface area contributed by atoms with Crippen molar-refractivity contribution in [3.8, 4) is 0 Å². The number of nitrogens with two attached hydrogens (primary N) is 1. The molecule has 94 valence electrons. The molecule has 0 amide bonds. The van der Waals surface area contributed by atoms with E-state index in [0.717, 1.165) is 5.69 Å². The molecule has 1 rings (SSSR count). The zero-order chi connectivity index (χ0) is 13.2. The zero-order valence-corrected chi connectivity index (χ0v) is 12.0. The van der Waals surface area contributed by atoms with Crippen LogP contribution >= 0.6 is 12.2 Å². The third-order valence-corrected chi connectivity index (χ3v) is 3.45. The molecule has 0 radical (unpaired) electrons. The van der Waals surface area contributed by atoms with E-state index < -0.39 is 0 Å². The number of pyridine rings is 1. The van der Waals surface area contributed by atoms with Gasteiger partial charge in [-0.15, -0.1) is 0 Å². The summed E-state index contributed by atoms with van der Waals surface area (Å²) in [4.78, 5) is 6.71. The third-order valence-electron chi connectivity index (χ3n) is 3.24. The van der Waals surface area contributed by atoms with E-state index in [1.165, 1.54) is 0 Å². The van der Waals surface area contributed by atoms with Crippen LogP contribution in [-0.2, 0) is 0 Å². The standard InChI is InChI=1S/C13H21N3S/c1-9(13(2,3)4)16(5)10-6-7-15-11(8-10)12(14)17/h6-9H,1-5H3,(H2,14,17). The van der Waals surface area contributed by atoms with Gasteiger partial charge in [0.1, 0.15) is 4.99 Å². The molecule has 0 aliphatic carbocycles. The number of hydrogen-bond acceptors (Lipinski definition) is 3. The summed E-state index contributed by atoms with van der Waals surface area (Å²) < 4.78 is 0. The van der Waals surface area contributed by atoms with Crippen molar-refractivity contribution in [3.05, 3.63) is 24.0 Å². The van der Waals surface area contributed by atoms with Crippen LogP contribution in [0.4, 0.5) is 5.69 Å². The molecule has 1 heterocycles. The fourth-order valence-corrected chi connectivity index (χ4v) is 1.69. The van der Waals surface area contributed by atoms with Crippen LogP contribution in [0.5, 0.6) is 0 Å². The van der Waals surface area contributed by atoms with E-state index in [-0.39, 0.29) is 5.41 Å². The predicted octanol–water partition coefficient (Wildman–Crippen LogP) is 2.59. The largest absolute Gasteiger partial charge is 0.388 e. The molecule has 1 atom stereocenters. The summed E-state index contributed by atoms with van der Waals surface area (Å²) in [6.45, 7) is 8.89. The minimum Gasteiger partial charge on any atom is -0.388 e. The first-order valence-electron chi connectivity index (χ1n) is 5.72. The van der Waals surface area contributed by atoms with E-state index in [4.69, 9.17) is 18.0 Å². The van der Waals surface area contributed by atoms with E-state index >= 15 is 0 Å². The van der Waals surface area contributed by atoms with Crippen LogP contribution in [0.25, 0.3) is 0 Å². The average Bonchev–Trinajstić information content (AvgIpc) is 2.26. The molecular weight excluding hydrogens is 230 g/mol. The molecule has 0 aromatic carbocycles. The van der Waals surface area contributed by atoms with E-state index in [9.17, 15) is 0 Å². The van der Waals surface area contributed by atoms with Gasteiger partial charge in [-0.05, 0) is 24.5 Å². The van der Waals surface area contributed by atoms with Gasteiger partial charge in [0.2, 0.25) is 0 Å². The minimum absolute atomic E-state index is 0.210. The molecule has 0 bridgehead atoms. The van der Waals surface area contributed by atoms with Gasteiger partial charge in [0.25, 0.3) is 0 Å². The maximum Gasteiger partial charge on any atom is 0.122 e. The first kappa shape index (κ1) is 13.9. The normalized spacial score (nSPS) is 13.2. The second-order valence-electron chi connectivity index (χ2n) is 5.42. The summed E-state index contributed by atoms with van der Waals surface area (Å²) in [7, 11) is 2.08. The summed E-state index contributed by atoms with van der Waals surface area (Å²) in [6, 6.07) is 4.32. The molecule has 3 nitrogen and oxygen atoms in total. The summed E-state index contributed by atoms with van der Waals surface area (Å²) in [5.74, 6) is 0. The van der Waals surface area contributed by atoms with Gasteiger partial charge in [0, 0.05) is 25.0 Å². The fraction of sp³-hybridized carbons (Fsp3) is 0.538. The van der Waals surface area contributed by atoms with Gasteiger partial charge in [-0.3, -0.25) is 4.98 Å². The van der Waals surface area contributed by atoms with Crippen molar-refractivity contribution in [1.29, 1.82) is 0 Å². The second-order valence-corrected chi connectivity index (χ2v) is 5.86. The van der Waals surface area contributed by atoms with Gasteiger partial charge in [0.05, 0.1) is 5.69 Å². The lowest BCUT2D eigenvalue weighted by Gasteiger charge is -2.36. The number of anilines is 1. The van der Waals surface area contributed by atoms with Crippen LogP contribution in [0.3, 0.4) is 0 Å². The number of rotatable bonds is 3. The van der Waals surface area contributed by atoms with Gasteiger partial charge < -0.3 is 10.6 Å². The Balaban J connectivity index is 3.00. The number of hydrogen-bond donors (Lipinski definition) is 1. The average molecular weight is 251 g/mol. The molecular formula is C13H21N3S. The number of thiocarbonyl (C=S) groups is 1. The van der Waals surface area contributed by atoms with Crippen molar-refractivity contribution < 1.29 is 0 Å². The van der Waals surface area contributed by atoms with Crippen LogP contribution in [0, 0.1) is 5.41 Å². The Kier molecular flexibility index (Phi) is 4.09. The third kappa shape index (κ3) is 3.40. The summed E-state index contributed by atoms with van der Waals surface area (Å²) in [5.41, 5.74) is 7.56. The number of nitrogens with zero attached hydrogens (tertiary/aromatic N) is 2. The minimum atomic E-state index is 0.210. The molecule has 0 saturated heterocycles. The Hall–Kier alpha value is -1.16. The number of aromatic nitrogens is 1. The van der Waals surface area contributed by atoms with E-state index in [1.54, 1.807) is 6.20 Å². The lowest BCUT2D eigenvalue weighted by molar-refractivity contribution is 0.329. The van der Waals surface area contributed by atoms with Crippen LogP contribution < -0.4 is 10.6 Å². The van der Waals surface area contributed by atoms with Crippen molar-refractivity contribution in [2.45, 2.75) is 33.7 Å². The molecule has 1 aromatic rings. The summed E-state index contributed by atoms with van der Waals surface area (Å²) in [5, 5.41) is 0. The highest BCUT2D eigenvalue weighted by atomic mass is 32.1. The maximum absolute atomic E-state index is 5.60. The quantitative estimate of drug-likeness (QED) is 0.839. The topological polar surface area (TPSA) is 42.2 Å². The Morgan fingerprint density at radius 3 is 2.53 bits per heavy atom.